The number of esters is 1. The zero-order chi connectivity index (χ0) is 23.7. The predicted molar refractivity (Wildman–Crippen MR) is 128 cm³/mol. The van der Waals surface area contributed by atoms with E-state index in [0.29, 0.717) is 5.56 Å². The first kappa shape index (κ1) is 23.8. The SMILES string of the molecule is COC(=O)C(CC#Cc1ccccc1)NS(=O)(=O)c1ccc(C#Cc2ccc(C)cc2)cc1. The van der Waals surface area contributed by atoms with Crippen molar-refractivity contribution in [2.24, 2.45) is 0 Å². The molecule has 1 N–H and O–H groups in total. The topological polar surface area (TPSA) is 72.5 Å². The van der Waals surface area contributed by atoms with E-state index in [1.165, 1.54) is 19.2 Å². The molecule has 1 unspecified atom stereocenters. The number of sulfonamides is 1. The molecule has 3 aromatic carbocycles. The van der Waals surface area contributed by atoms with Gasteiger partial charge in [-0.3, -0.25) is 4.79 Å². The van der Waals surface area contributed by atoms with Crippen molar-refractivity contribution in [3.05, 3.63) is 101 Å². The van der Waals surface area contributed by atoms with E-state index >= 15 is 0 Å². The molecule has 0 aliphatic carbocycles. The summed E-state index contributed by atoms with van der Waals surface area (Å²) in [7, 11) is -2.76. The van der Waals surface area contributed by atoms with Crippen LogP contribution in [0.4, 0.5) is 0 Å². The Kier molecular flexibility index (Phi) is 8.05. The highest BCUT2D eigenvalue weighted by Crippen LogP contribution is 2.12. The fourth-order valence-corrected chi connectivity index (χ4v) is 4.03. The van der Waals surface area contributed by atoms with Gasteiger partial charge in [0.1, 0.15) is 6.04 Å². The number of aryl methyl sites for hydroxylation is 1. The largest absolute Gasteiger partial charge is 0.468 e. The van der Waals surface area contributed by atoms with Crippen molar-refractivity contribution in [3.63, 3.8) is 0 Å². The summed E-state index contributed by atoms with van der Waals surface area (Å²) in [5.74, 6) is 11.1. The van der Waals surface area contributed by atoms with Gasteiger partial charge >= 0.3 is 5.97 Å². The molecule has 0 aliphatic rings. The number of carbonyl (C=O) groups is 1. The average molecular weight is 458 g/mol. The standard InChI is InChI=1S/C27H23NO4S/c1-21-11-13-23(14-12-21)15-16-24-17-19-25(20-18-24)33(30,31)28-26(27(29)32-2)10-6-9-22-7-4-3-5-8-22/h3-5,7-8,11-14,17-20,26,28H,10H2,1-2H3. The number of hydrogen-bond donors (Lipinski definition) is 1. The molecule has 0 bridgehead atoms. The van der Waals surface area contributed by atoms with Crippen LogP contribution in [-0.2, 0) is 19.6 Å². The molecule has 3 rings (SSSR count). The van der Waals surface area contributed by atoms with Crippen LogP contribution in [0.3, 0.4) is 0 Å². The molecule has 0 fully saturated rings. The molecule has 6 heteroatoms. The maximum atomic E-state index is 12.8. The van der Waals surface area contributed by atoms with Crippen LogP contribution in [0.1, 0.15) is 28.7 Å². The van der Waals surface area contributed by atoms with E-state index < -0.39 is 22.0 Å². The Morgan fingerprint density at radius 3 is 1.97 bits per heavy atom. The third-order valence-electron chi connectivity index (χ3n) is 4.66. The summed E-state index contributed by atoms with van der Waals surface area (Å²) in [5, 5.41) is 0. The van der Waals surface area contributed by atoms with Crippen LogP contribution in [0.15, 0.2) is 83.8 Å². The number of nitrogens with one attached hydrogen (secondary N) is 1. The lowest BCUT2D eigenvalue weighted by Crippen LogP contribution is -2.41. The molecule has 3 aromatic rings. The van der Waals surface area contributed by atoms with Gasteiger partial charge < -0.3 is 4.74 Å². The molecule has 1 atom stereocenters. The summed E-state index contributed by atoms with van der Waals surface area (Å²) in [5.41, 5.74) is 3.47. The summed E-state index contributed by atoms with van der Waals surface area (Å²) < 4.78 is 32.8. The number of benzene rings is 3. The van der Waals surface area contributed by atoms with Gasteiger partial charge in [-0.2, -0.15) is 4.72 Å². The van der Waals surface area contributed by atoms with E-state index in [4.69, 9.17) is 4.74 Å². The Balaban J connectivity index is 1.72. The van der Waals surface area contributed by atoms with Gasteiger partial charge in [-0.15, -0.1) is 0 Å². The normalized spacial score (nSPS) is 11.3. The zero-order valence-electron chi connectivity index (χ0n) is 18.3. The minimum atomic E-state index is -3.97. The Bertz CT molecular complexity index is 1320. The van der Waals surface area contributed by atoms with E-state index in [9.17, 15) is 13.2 Å². The fourth-order valence-electron chi connectivity index (χ4n) is 2.85. The minimum Gasteiger partial charge on any atom is -0.468 e. The van der Waals surface area contributed by atoms with Crippen molar-refractivity contribution in [1.29, 1.82) is 0 Å². The fraction of sp³-hybridized carbons (Fsp3) is 0.148. The Labute approximate surface area is 194 Å². The van der Waals surface area contributed by atoms with Crippen LogP contribution in [0.2, 0.25) is 0 Å². The van der Waals surface area contributed by atoms with Crippen LogP contribution in [0.25, 0.3) is 0 Å². The number of hydrogen-bond acceptors (Lipinski definition) is 4. The molecule has 166 valence electrons. The maximum Gasteiger partial charge on any atom is 0.324 e. The minimum absolute atomic E-state index is 0.0216. The Hall–Kier alpha value is -3.84. The maximum absolute atomic E-state index is 12.8. The van der Waals surface area contributed by atoms with Gasteiger partial charge in [-0.1, -0.05) is 59.6 Å². The van der Waals surface area contributed by atoms with Crippen LogP contribution in [0, 0.1) is 30.6 Å². The number of carbonyl (C=O) groups excluding carboxylic acids is 1. The lowest BCUT2D eigenvalue weighted by Gasteiger charge is -2.14. The highest BCUT2D eigenvalue weighted by atomic mass is 32.2. The van der Waals surface area contributed by atoms with Gasteiger partial charge in [-0.25, -0.2) is 8.42 Å². The van der Waals surface area contributed by atoms with Gasteiger partial charge in [0, 0.05) is 23.1 Å². The number of rotatable bonds is 5. The summed E-state index contributed by atoms with van der Waals surface area (Å²) in [4.78, 5) is 12.1. The smallest absolute Gasteiger partial charge is 0.324 e. The van der Waals surface area contributed by atoms with Crippen molar-refractivity contribution in [2.45, 2.75) is 24.3 Å². The first-order valence-electron chi connectivity index (χ1n) is 10.2. The summed E-state index contributed by atoms with van der Waals surface area (Å²) in [6, 6.07) is 22.1. The number of methoxy groups -OCH3 is 1. The van der Waals surface area contributed by atoms with E-state index in [1.54, 1.807) is 12.1 Å². The molecule has 0 radical (unpaired) electrons. The summed E-state index contributed by atoms with van der Waals surface area (Å²) >= 11 is 0. The lowest BCUT2D eigenvalue weighted by molar-refractivity contribution is -0.142. The first-order chi connectivity index (χ1) is 15.9. The second-order valence-electron chi connectivity index (χ2n) is 7.21. The molecule has 0 amide bonds. The van der Waals surface area contributed by atoms with Crippen molar-refractivity contribution in [2.75, 3.05) is 7.11 Å². The van der Waals surface area contributed by atoms with Crippen molar-refractivity contribution in [1.82, 2.24) is 4.72 Å². The zero-order valence-corrected chi connectivity index (χ0v) is 19.1. The van der Waals surface area contributed by atoms with Crippen LogP contribution in [0.5, 0.6) is 0 Å². The molecule has 0 heterocycles. The van der Waals surface area contributed by atoms with Crippen LogP contribution < -0.4 is 4.72 Å². The van der Waals surface area contributed by atoms with Gasteiger partial charge in [0.25, 0.3) is 0 Å². The molecule has 0 saturated carbocycles. The van der Waals surface area contributed by atoms with E-state index in [0.717, 1.165) is 16.7 Å². The van der Waals surface area contributed by atoms with Gasteiger partial charge in [-0.05, 0) is 55.5 Å². The first-order valence-corrected chi connectivity index (χ1v) is 11.7. The lowest BCUT2D eigenvalue weighted by atomic mass is 10.1. The van der Waals surface area contributed by atoms with E-state index in [2.05, 4.69) is 28.4 Å². The third-order valence-corrected chi connectivity index (χ3v) is 6.15. The average Bonchev–Trinajstić information content (AvgIpc) is 2.83. The van der Waals surface area contributed by atoms with Crippen LogP contribution in [-0.4, -0.2) is 27.5 Å². The van der Waals surface area contributed by atoms with Crippen molar-refractivity contribution < 1.29 is 17.9 Å². The molecular formula is C27H23NO4S. The van der Waals surface area contributed by atoms with E-state index in [1.807, 2.05) is 61.5 Å². The third kappa shape index (κ3) is 7.08. The predicted octanol–water partition coefficient (Wildman–Crippen LogP) is 3.66. The Morgan fingerprint density at radius 1 is 0.848 bits per heavy atom. The highest BCUT2D eigenvalue weighted by molar-refractivity contribution is 7.89. The number of ether oxygens (including phenoxy) is 1. The quantitative estimate of drug-likeness (QED) is 0.469. The van der Waals surface area contributed by atoms with Crippen molar-refractivity contribution >= 4 is 16.0 Å². The van der Waals surface area contributed by atoms with Gasteiger partial charge in [0.2, 0.25) is 10.0 Å². The highest BCUT2D eigenvalue weighted by Gasteiger charge is 2.25. The summed E-state index contributed by atoms with van der Waals surface area (Å²) in [6.45, 7) is 2.00. The molecule has 0 aliphatic heterocycles. The second-order valence-corrected chi connectivity index (χ2v) is 8.92. The second kappa shape index (κ2) is 11.2. The monoisotopic (exact) mass is 457 g/mol. The van der Waals surface area contributed by atoms with Gasteiger partial charge in [0.15, 0.2) is 0 Å². The Morgan fingerprint density at radius 2 is 1.39 bits per heavy atom. The molecule has 33 heavy (non-hydrogen) atoms. The van der Waals surface area contributed by atoms with Crippen molar-refractivity contribution in [3.8, 4) is 23.7 Å². The molecule has 0 aromatic heterocycles. The molecular weight excluding hydrogens is 434 g/mol. The molecule has 0 spiro atoms. The van der Waals surface area contributed by atoms with Gasteiger partial charge in [0.05, 0.1) is 12.0 Å². The van der Waals surface area contributed by atoms with Crippen LogP contribution >= 0.6 is 0 Å². The molecule has 0 saturated heterocycles. The van der Waals surface area contributed by atoms with E-state index in [-0.39, 0.29) is 11.3 Å². The summed E-state index contributed by atoms with van der Waals surface area (Å²) in [6.07, 6.45) is -0.0269. The molecule has 5 nitrogen and oxygen atoms in total.